The van der Waals surface area contributed by atoms with Crippen LogP contribution in [0.1, 0.15) is 17.2 Å². The standard InChI is InChI=1S/C13H16N2O3/c1-15(8-13(16)17)12(9-18-2)11-5-3-10(7-14)4-6-11/h3-6,12H,8-9H2,1-2H3,(H,16,17). The number of hydrogen-bond acceptors (Lipinski definition) is 4. The number of benzene rings is 1. The second kappa shape index (κ2) is 6.74. The summed E-state index contributed by atoms with van der Waals surface area (Å²) in [5.41, 5.74) is 1.51. The van der Waals surface area contributed by atoms with Gasteiger partial charge in [-0.25, -0.2) is 0 Å². The Labute approximate surface area is 106 Å². The summed E-state index contributed by atoms with van der Waals surface area (Å²) in [6, 6.07) is 8.98. The minimum Gasteiger partial charge on any atom is -0.480 e. The van der Waals surface area contributed by atoms with E-state index >= 15 is 0 Å². The molecule has 0 spiro atoms. The highest BCUT2D eigenvalue weighted by Crippen LogP contribution is 2.20. The van der Waals surface area contributed by atoms with E-state index in [0.29, 0.717) is 12.2 Å². The van der Waals surface area contributed by atoms with Gasteiger partial charge in [0.05, 0.1) is 30.8 Å². The maximum absolute atomic E-state index is 10.7. The SMILES string of the molecule is COCC(c1ccc(C#N)cc1)N(C)CC(=O)O. The molecule has 5 nitrogen and oxygen atoms in total. The first kappa shape index (κ1) is 14.2. The van der Waals surface area contributed by atoms with E-state index in [1.54, 1.807) is 31.2 Å². The Morgan fingerprint density at radius 2 is 2.11 bits per heavy atom. The highest BCUT2D eigenvalue weighted by atomic mass is 16.5. The minimum absolute atomic E-state index is 0.0615. The number of methoxy groups -OCH3 is 1. The van der Waals surface area contributed by atoms with Crippen molar-refractivity contribution in [1.29, 1.82) is 5.26 Å². The van der Waals surface area contributed by atoms with E-state index in [1.807, 2.05) is 18.2 Å². The number of nitriles is 1. The van der Waals surface area contributed by atoms with Crippen molar-refractivity contribution in [1.82, 2.24) is 4.90 Å². The van der Waals surface area contributed by atoms with Crippen molar-refractivity contribution in [3.05, 3.63) is 35.4 Å². The molecule has 0 radical (unpaired) electrons. The number of hydrogen-bond donors (Lipinski definition) is 1. The van der Waals surface area contributed by atoms with Gasteiger partial charge in [-0.3, -0.25) is 9.69 Å². The third-order valence-corrected chi connectivity index (χ3v) is 2.67. The molecule has 1 unspecified atom stereocenters. The van der Waals surface area contributed by atoms with Gasteiger partial charge in [-0.05, 0) is 24.7 Å². The fourth-order valence-electron chi connectivity index (χ4n) is 1.74. The second-order valence-corrected chi connectivity index (χ2v) is 4.01. The van der Waals surface area contributed by atoms with Gasteiger partial charge < -0.3 is 9.84 Å². The van der Waals surface area contributed by atoms with Crippen LogP contribution in [0.5, 0.6) is 0 Å². The monoisotopic (exact) mass is 248 g/mol. The summed E-state index contributed by atoms with van der Waals surface area (Å²) in [7, 11) is 3.31. The molecular formula is C13H16N2O3. The second-order valence-electron chi connectivity index (χ2n) is 4.01. The van der Waals surface area contributed by atoms with E-state index in [-0.39, 0.29) is 12.6 Å². The lowest BCUT2D eigenvalue weighted by molar-refractivity contribution is -0.138. The van der Waals surface area contributed by atoms with Crippen LogP contribution in [0.15, 0.2) is 24.3 Å². The third kappa shape index (κ3) is 3.84. The van der Waals surface area contributed by atoms with Crippen LogP contribution < -0.4 is 0 Å². The van der Waals surface area contributed by atoms with Crippen LogP contribution in [-0.4, -0.2) is 43.3 Å². The lowest BCUT2D eigenvalue weighted by atomic mass is 10.0. The van der Waals surface area contributed by atoms with Gasteiger partial charge in [0.2, 0.25) is 0 Å². The van der Waals surface area contributed by atoms with Crippen molar-refractivity contribution in [2.24, 2.45) is 0 Å². The molecule has 1 N–H and O–H groups in total. The Morgan fingerprint density at radius 1 is 1.50 bits per heavy atom. The Bertz CT molecular complexity index is 437. The lowest BCUT2D eigenvalue weighted by Gasteiger charge is -2.26. The summed E-state index contributed by atoms with van der Waals surface area (Å²) in [5, 5.41) is 17.5. The molecule has 0 fully saturated rings. The molecule has 0 amide bonds. The first-order valence-corrected chi connectivity index (χ1v) is 5.49. The Hall–Kier alpha value is -1.90. The van der Waals surface area contributed by atoms with Gasteiger partial charge in [0.15, 0.2) is 0 Å². The highest BCUT2D eigenvalue weighted by Gasteiger charge is 2.18. The fraction of sp³-hybridized carbons (Fsp3) is 0.385. The first-order chi connectivity index (χ1) is 8.58. The number of aliphatic carboxylic acids is 1. The molecule has 0 aliphatic rings. The summed E-state index contributed by atoms with van der Waals surface area (Å²) >= 11 is 0. The van der Waals surface area contributed by atoms with Crippen molar-refractivity contribution >= 4 is 5.97 Å². The molecule has 1 aromatic rings. The number of carboxylic acid groups (broad SMARTS) is 1. The predicted molar refractivity (Wildman–Crippen MR) is 66.0 cm³/mol. The van der Waals surface area contributed by atoms with E-state index in [1.165, 1.54) is 0 Å². The molecule has 0 aliphatic heterocycles. The third-order valence-electron chi connectivity index (χ3n) is 2.67. The zero-order valence-corrected chi connectivity index (χ0v) is 10.5. The normalized spacial score (nSPS) is 12.1. The van der Waals surface area contributed by atoms with Gasteiger partial charge in [0, 0.05) is 7.11 Å². The van der Waals surface area contributed by atoms with Gasteiger partial charge in [0.1, 0.15) is 0 Å². The zero-order chi connectivity index (χ0) is 13.5. The largest absolute Gasteiger partial charge is 0.480 e. The summed E-state index contributed by atoms with van der Waals surface area (Å²) in [4.78, 5) is 12.4. The summed E-state index contributed by atoms with van der Waals surface area (Å²) in [6.07, 6.45) is 0. The summed E-state index contributed by atoms with van der Waals surface area (Å²) < 4.78 is 5.12. The molecule has 0 saturated heterocycles. The first-order valence-electron chi connectivity index (χ1n) is 5.49. The molecule has 5 heteroatoms. The summed E-state index contributed by atoms with van der Waals surface area (Å²) in [5.74, 6) is -0.882. The van der Waals surface area contributed by atoms with Crippen LogP contribution in [0.2, 0.25) is 0 Å². The van der Waals surface area contributed by atoms with E-state index in [0.717, 1.165) is 5.56 Å². The van der Waals surface area contributed by atoms with Gasteiger partial charge in [-0.1, -0.05) is 12.1 Å². The lowest BCUT2D eigenvalue weighted by Crippen LogP contribution is -2.32. The van der Waals surface area contributed by atoms with Crippen molar-refractivity contribution in [2.45, 2.75) is 6.04 Å². The molecule has 18 heavy (non-hydrogen) atoms. The maximum Gasteiger partial charge on any atom is 0.317 e. The average Bonchev–Trinajstić information content (AvgIpc) is 2.35. The molecule has 0 aromatic heterocycles. The smallest absolute Gasteiger partial charge is 0.317 e. The Morgan fingerprint density at radius 3 is 2.56 bits per heavy atom. The Balaban J connectivity index is 2.89. The molecule has 1 rings (SSSR count). The van der Waals surface area contributed by atoms with E-state index in [2.05, 4.69) is 0 Å². The highest BCUT2D eigenvalue weighted by molar-refractivity contribution is 5.69. The fourth-order valence-corrected chi connectivity index (χ4v) is 1.74. The molecule has 0 bridgehead atoms. The van der Waals surface area contributed by atoms with Crippen LogP contribution in [0.3, 0.4) is 0 Å². The van der Waals surface area contributed by atoms with Crippen molar-refractivity contribution in [2.75, 3.05) is 27.3 Å². The van der Waals surface area contributed by atoms with E-state index in [9.17, 15) is 4.79 Å². The van der Waals surface area contributed by atoms with Crippen LogP contribution >= 0.6 is 0 Å². The molecule has 1 atom stereocenters. The van der Waals surface area contributed by atoms with Crippen LogP contribution in [-0.2, 0) is 9.53 Å². The number of nitrogens with zero attached hydrogens (tertiary/aromatic N) is 2. The van der Waals surface area contributed by atoms with Crippen LogP contribution in [0, 0.1) is 11.3 Å². The average molecular weight is 248 g/mol. The molecule has 0 heterocycles. The van der Waals surface area contributed by atoms with Crippen molar-refractivity contribution in [3.8, 4) is 6.07 Å². The van der Waals surface area contributed by atoms with E-state index in [4.69, 9.17) is 15.1 Å². The van der Waals surface area contributed by atoms with Crippen molar-refractivity contribution in [3.63, 3.8) is 0 Å². The van der Waals surface area contributed by atoms with Crippen LogP contribution in [0.25, 0.3) is 0 Å². The predicted octanol–water partition coefficient (Wildman–Crippen LogP) is 1.26. The maximum atomic E-state index is 10.7. The summed E-state index contributed by atoms with van der Waals surface area (Å²) in [6.45, 7) is 0.337. The van der Waals surface area contributed by atoms with Gasteiger partial charge >= 0.3 is 5.97 Å². The minimum atomic E-state index is -0.882. The number of likely N-dealkylation sites (N-methyl/N-ethyl adjacent to an activating group) is 1. The quantitative estimate of drug-likeness (QED) is 0.820. The number of carboxylic acids is 1. The number of carbonyl (C=O) groups is 1. The number of ether oxygens (including phenoxy) is 1. The van der Waals surface area contributed by atoms with Gasteiger partial charge in [-0.2, -0.15) is 5.26 Å². The van der Waals surface area contributed by atoms with E-state index < -0.39 is 5.97 Å². The van der Waals surface area contributed by atoms with Crippen molar-refractivity contribution < 1.29 is 14.6 Å². The van der Waals surface area contributed by atoms with Gasteiger partial charge in [-0.15, -0.1) is 0 Å². The molecule has 96 valence electrons. The molecule has 1 aromatic carbocycles. The van der Waals surface area contributed by atoms with Gasteiger partial charge in [0.25, 0.3) is 0 Å². The molecular weight excluding hydrogens is 232 g/mol. The molecule has 0 saturated carbocycles. The van der Waals surface area contributed by atoms with Crippen LogP contribution in [0.4, 0.5) is 0 Å². The number of rotatable bonds is 6. The molecule has 0 aliphatic carbocycles. The Kier molecular flexibility index (Phi) is 5.31. The zero-order valence-electron chi connectivity index (χ0n) is 10.5. The topological polar surface area (TPSA) is 73.6 Å².